The maximum absolute atomic E-state index is 5.28. The molecule has 0 saturated carbocycles. The van der Waals surface area contributed by atoms with Gasteiger partial charge in [0, 0.05) is 18.8 Å². The highest BCUT2D eigenvalue weighted by Gasteiger charge is 2.17. The number of rotatable bonds is 3. The van der Waals surface area contributed by atoms with Crippen molar-refractivity contribution < 1.29 is 9.47 Å². The van der Waals surface area contributed by atoms with Crippen LogP contribution < -0.4 is 14.8 Å². The van der Waals surface area contributed by atoms with Crippen molar-refractivity contribution >= 4 is 5.70 Å². The first-order valence-electron chi connectivity index (χ1n) is 5.29. The zero-order chi connectivity index (χ0) is 12.4. The van der Waals surface area contributed by atoms with E-state index in [4.69, 9.17) is 9.47 Å². The summed E-state index contributed by atoms with van der Waals surface area (Å²) in [5.41, 5.74) is 2.10. The molecule has 1 N–H and O–H groups in total. The summed E-state index contributed by atoms with van der Waals surface area (Å²) in [4.78, 5) is 1.99. The molecule has 2 rings (SSSR count). The third-order valence-electron chi connectivity index (χ3n) is 2.82. The second kappa shape index (κ2) is 4.41. The molecular weight excluding hydrogens is 216 g/mol. The van der Waals surface area contributed by atoms with E-state index >= 15 is 0 Å². The summed E-state index contributed by atoms with van der Waals surface area (Å²) < 4.78 is 10.5. The average Bonchev–Trinajstić information content (AvgIpc) is 2.69. The first kappa shape index (κ1) is 11.4. The van der Waals surface area contributed by atoms with E-state index < -0.39 is 0 Å². The number of nitrogens with one attached hydrogen (secondary N) is 1. The number of nitrogens with zero attached hydrogens (tertiary/aromatic N) is 1. The predicted octanol–water partition coefficient (Wildman–Crippen LogP) is 2.01. The fraction of sp³-hybridized carbons (Fsp3) is 0.231. The van der Waals surface area contributed by atoms with E-state index in [1.807, 2.05) is 36.3 Å². The summed E-state index contributed by atoms with van der Waals surface area (Å²) in [5, 5.41) is 3.08. The van der Waals surface area contributed by atoms with Gasteiger partial charge in [-0.15, -0.1) is 0 Å². The van der Waals surface area contributed by atoms with Gasteiger partial charge in [-0.25, -0.2) is 0 Å². The van der Waals surface area contributed by atoms with Gasteiger partial charge in [-0.05, 0) is 18.2 Å². The molecule has 0 radical (unpaired) electrons. The van der Waals surface area contributed by atoms with Crippen molar-refractivity contribution in [3.05, 3.63) is 42.4 Å². The highest BCUT2D eigenvalue weighted by molar-refractivity contribution is 5.69. The maximum Gasteiger partial charge on any atom is 0.161 e. The van der Waals surface area contributed by atoms with Gasteiger partial charge in [-0.2, -0.15) is 0 Å². The molecule has 1 aromatic rings. The number of hydrogen-bond acceptors (Lipinski definition) is 4. The van der Waals surface area contributed by atoms with Gasteiger partial charge in [0.05, 0.1) is 19.9 Å². The van der Waals surface area contributed by atoms with Crippen LogP contribution >= 0.6 is 0 Å². The molecule has 0 aromatic heterocycles. The molecule has 1 aromatic carbocycles. The smallest absolute Gasteiger partial charge is 0.161 e. The molecule has 4 heteroatoms. The molecular formula is C13H16N2O2. The van der Waals surface area contributed by atoms with Crippen molar-refractivity contribution in [1.82, 2.24) is 10.2 Å². The van der Waals surface area contributed by atoms with Crippen LogP contribution in [-0.4, -0.2) is 26.2 Å². The standard InChI is InChI=1S/C13H16N2O2/c1-9-14-8-11(15(9)2)10-5-6-12(16-3)13(7-10)17-4/h5-8,14H,1H2,2-4H3. The Morgan fingerprint density at radius 3 is 2.41 bits per heavy atom. The summed E-state index contributed by atoms with van der Waals surface area (Å²) in [6, 6.07) is 5.83. The van der Waals surface area contributed by atoms with E-state index in [-0.39, 0.29) is 0 Å². The highest BCUT2D eigenvalue weighted by Crippen LogP contribution is 2.32. The number of ether oxygens (including phenoxy) is 2. The number of methoxy groups -OCH3 is 2. The van der Waals surface area contributed by atoms with Crippen LogP contribution in [0.2, 0.25) is 0 Å². The van der Waals surface area contributed by atoms with Crippen LogP contribution in [-0.2, 0) is 0 Å². The molecule has 1 heterocycles. The average molecular weight is 232 g/mol. The maximum atomic E-state index is 5.28. The topological polar surface area (TPSA) is 33.7 Å². The van der Waals surface area contributed by atoms with Gasteiger partial charge >= 0.3 is 0 Å². The quantitative estimate of drug-likeness (QED) is 0.864. The third kappa shape index (κ3) is 1.93. The molecule has 0 bridgehead atoms. The predicted molar refractivity (Wildman–Crippen MR) is 67.6 cm³/mol. The number of hydrogen-bond donors (Lipinski definition) is 1. The fourth-order valence-corrected chi connectivity index (χ4v) is 1.76. The van der Waals surface area contributed by atoms with Crippen molar-refractivity contribution in [2.45, 2.75) is 0 Å². The van der Waals surface area contributed by atoms with Gasteiger partial charge in [-0.1, -0.05) is 6.58 Å². The molecule has 0 unspecified atom stereocenters. The fourth-order valence-electron chi connectivity index (χ4n) is 1.76. The molecule has 1 aliphatic heterocycles. The minimum Gasteiger partial charge on any atom is -0.493 e. The number of benzene rings is 1. The van der Waals surface area contributed by atoms with Crippen molar-refractivity contribution in [3.8, 4) is 11.5 Å². The van der Waals surface area contributed by atoms with Crippen molar-refractivity contribution in [3.63, 3.8) is 0 Å². The molecule has 17 heavy (non-hydrogen) atoms. The lowest BCUT2D eigenvalue weighted by molar-refractivity contribution is 0.355. The lowest BCUT2D eigenvalue weighted by Crippen LogP contribution is -2.14. The SMILES string of the molecule is C=C1NC=C(c2ccc(OC)c(OC)c2)N1C. The van der Waals surface area contributed by atoms with Gasteiger partial charge in [-0.3, -0.25) is 0 Å². The minimum atomic E-state index is 0.719. The minimum absolute atomic E-state index is 0.719. The Morgan fingerprint density at radius 2 is 1.88 bits per heavy atom. The van der Waals surface area contributed by atoms with Crippen LogP contribution in [0.15, 0.2) is 36.8 Å². The van der Waals surface area contributed by atoms with E-state index in [0.717, 1.165) is 28.6 Å². The van der Waals surface area contributed by atoms with Crippen molar-refractivity contribution in [2.24, 2.45) is 0 Å². The van der Waals surface area contributed by atoms with Gasteiger partial charge in [0.15, 0.2) is 11.5 Å². The lowest BCUT2D eigenvalue weighted by Gasteiger charge is -2.17. The summed E-state index contributed by atoms with van der Waals surface area (Å²) in [5.74, 6) is 2.30. The molecule has 4 nitrogen and oxygen atoms in total. The Kier molecular flexibility index (Phi) is 2.95. The largest absolute Gasteiger partial charge is 0.493 e. The second-order valence-electron chi connectivity index (χ2n) is 3.75. The zero-order valence-electron chi connectivity index (χ0n) is 10.3. The molecule has 0 fully saturated rings. The molecule has 0 atom stereocenters. The first-order chi connectivity index (χ1) is 8.17. The monoisotopic (exact) mass is 232 g/mol. The van der Waals surface area contributed by atoms with Crippen molar-refractivity contribution in [2.75, 3.05) is 21.3 Å². The van der Waals surface area contributed by atoms with Crippen LogP contribution in [0.5, 0.6) is 11.5 Å². The third-order valence-corrected chi connectivity index (χ3v) is 2.82. The van der Waals surface area contributed by atoms with E-state index in [1.165, 1.54) is 0 Å². The van der Waals surface area contributed by atoms with Crippen molar-refractivity contribution in [1.29, 1.82) is 0 Å². The molecule has 0 amide bonds. The molecule has 0 aliphatic carbocycles. The van der Waals surface area contributed by atoms with Gasteiger partial charge in [0.1, 0.15) is 5.82 Å². The first-order valence-corrected chi connectivity index (χ1v) is 5.29. The van der Waals surface area contributed by atoms with Gasteiger partial charge in [0.25, 0.3) is 0 Å². The Labute approximate surface area is 101 Å². The summed E-state index contributed by atoms with van der Waals surface area (Å²) in [6.45, 7) is 3.89. The van der Waals surface area contributed by atoms with Crippen LogP contribution in [0.25, 0.3) is 5.70 Å². The normalized spacial score (nSPS) is 14.4. The van der Waals surface area contributed by atoms with Crippen LogP contribution in [0.4, 0.5) is 0 Å². The molecule has 0 spiro atoms. The molecule has 1 aliphatic rings. The van der Waals surface area contributed by atoms with E-state index in [0.29, 0.717) is 0 Å². The highest BCUT2D eigenvalue weighted by atomic mass is 16.5. The Hall–Kier alpha value is -2.10. The van der Waals surface area contributed by atoms with Crippen LogP contribution in [0.1, 0.15) is 5.56 Å². The second-order valence-corrected chi connectivity index (χ2v) is 3.75. The van der Waals surface area contributed by atoms with Crippen LogP contribution in [0.3, 0.4) is 0 Å². The summed E-state index contributed by atoms with van der Waals surface area (Å²) in [7, 11) is 5.22. The van der Waals surface area contributed by atoms with E-state index in [9.17, 15) is 0 Å². The van der Waals surface area contributed by atoms with Gasteiger partial charge in [0.2, 0.25) is 0 Å². The Morgan fingerprint density at radius 1 is 1.18 bits per heavy atom. The van der Waals surface area contributed by atoms with Crippen LogP contribution in [0, 0.1) is 0 Å². The van der Waals surface area contributed by atoms with E-state index in [1.54, 1.807) is 14.2 Å². The summed E-state index contributed by atoms with van der Waals surface area (Å²) >= 11 is 0. The molecule has 0 saturated heterocycles. The zero-order valence-corrected chi connectivity index (χ0v) is 10.3. The van der Waals surface area contributed by atoms with Gasteiger partial charge < -0.3 is 19.7 Å². The Balaban J connectivity index is 2.38. The Bertz CT molecular complexity index is 480. The summed E-state index contributed by atoms with van der Waals surface area (Å²) in [6.07, 6.45) is 1.92. The molecule has 90 valence electrons. The lowest BCUT2D eigenvalue weighted by atomic mass is 10.1. The van der Waals surface area contributed by atoms with E-state index in [2.05, 4.69) is 11.9 Å².